The van der Waals surface area contributed by atoms with E-state index in [0.717, 1.165) is 11.3 Å². The summed E-state index contributed by atoms with van der Waals surface area (Å²) in [6, 6.07) is 14.2. The second kappa shape index (κ2) is 10.4. The van der Waals surface area contributed by atoms with E-state index in [-0.39, 0.29) is 23.7 Å². The summed E-state index contributed by atoms with van der Waals surface area (Å²) in [4.78, 5) is 12.3. The number of carbonyl (C=O) groups is 1. The van der Waals surface area contributed by atoms with Gasteiger partial charge in [-0.1, -0.05) is 23.7 Å². The molecule has 0 heterocycles. The fourth-order valence-electron chi connectivity index (χ4n) is 2.24. The molecule has 0 aliphatic carbocycles. The van der Waals surface area contributed by atoms with Gasteiger partial charge in [-0.05, 0) is 57.4 Å². The Hall–Kier alpha value is -3.00. The zero-order valence-electron chi connectivity index (χ0n) is 14.8. The van der Waals surface area contributed by atoms with E-state index < -0.39 is 5.91 Å². The Morgan fingerprint density at radius 3 is 2.57 bits per heavy atom. The zero-order valence-corrected chi connectivity index (χ0v) is 17.2. The number of hydrogen-bond acceptors (Lipinski definition) is 5. The molecule has 6 nitrogen and oxygen atoms in total. The molecule has 1 N–H and O–H groups in total. The van der Waals surface area contributed by atoms with E-state index in [1.807, 2.05) is 24.3 Å². The summed E-state index contributed by atoms with van der Waals surface area (Å²) in [5, 5.41) is 20.9. The first-order valence-corrected chi connectivity index (χ1v) is 9.17. The summed E-state index contributed by atoms with van der Waals surface area (Å²) in [6.45, 7) is 0.123. The fourth-order valence-corrected chi connectivity index (χ4v) is 3.23. The largest absolute Gasteiger partial charge is 0.497 e. The minimum Gasteiger partial charge on any atom is -0.497 e. The van der Waals surface area contributed by atoms with Crippen LogP contribution >= 0.6 is 27.5 Å². The van der Waals surface area contributed by atoms with E-state index in [1.54, 1.807) is 31.4 Å². The van der Waals surface area contributed by atoms with Crippen molar-refractivity contribution in [2.45, 2.75) is 6.54 Å². The third kappa shape index (κ3) is 5.75. The number of hydrogen-bond donors (Lipinski definition) is 1. The van der Waals surface area contributed by atoms with Gasteiger partial charge in [0.05, 0.1) is 16.6 Å². The molecule has 0 saturated heterocycles. The SMILES string of the molecule is COc1ccc(CNC(=O)/C(C#N)=C\c2cc(Cl)c(OCC#N)c(Br)c2)cc1. The summed E-state index contributed by atoms with van der Waals surface area (Å²) in [6.07, 6.45) is 1.42. The van der Waals surface area contributed by atoms with Crippen molar-refractivity contribution in [2.24, 2.45) is 0 Å². The maximum atomic E-state index is 12.3. The first-order valence-electron chi connectivity index (χ1n) is 8.00. The molecular formula is C20H15BrClN3O3. The van der Waals surface area contributed by atoms with E-state index >= 15 is 0 Å². The molecule has 2 aromatic rings. The normalized spacial score (nSPS) is 10.5. The van der Waals surface area contributed by atoms with Gasteiger partial charge in [0.25, 0.3) is 5.91 Å². The van der Waals surface area contributed by atoms with Crippen molar-refractivity contribution in [2.75, 3.05) is 13.7 Å². The molecule has 0 bridgehead atoms. The Balaban J connectivity index is 2.12. The lowest BCUT2D eigenvalue weighted by atomic mass is 10.1. The van der Waals surface area contributed by atoms with E-state index in [9.17, 15) is 10.1 Å². The van der Waals surface area contributed by atoms with Gasteiger partial charge < -0.3 is 14.8 Å². The van der Waals surface area contributed by atoms with Gasteiger partial charge in [0.1, 0.15) is 23.5 Å². The Morgan fingerprint density at radius 2 is 2.00 bits per heavy atom. The Labute approximate surface area is 176 Å². The number of carbonyl (C=O) groups excluding carboxylic acids is 1. The van der Waals surface area contributed by atoms with E-state index in [1.165, 1.54) is 6.08 Å². The van der Waals surface area contributed by atoms with Gasteiger partial charge in [0, 0.05) is 6.54 Å². The molecule has 142 valence electrons. The standard InChI is InChI=1S/C20H15BrClN3O3/c1-27-16-4-2-13(3-5-16)12-25-20(26)15(11-24)8-14-9-17(21)19(18(22)10-14)28-7-6-23/h2-5,8-10H,7,12H2,1H3,(H,25,26)/b15-8-. The van der Waals surface area contributed by atoms with Crippen LogP contribution in [-0.2, 0) is 11.3 Å². The number of methoxy groups -OCH3 is 1. The number of nitriles is 2. The van der Waals surface area contributed by atoms with Crippen LogP contribution in [0.1, 0.15) is 11.1 Å². The van der Waals surface area contributed by atoms with Gasteiger partial charge in [-0.3, -0.25) is 4.79 Å². The smallest absolute Gasteiger partial charge is 0.262 e. The third-order valence-electron chi connectivity index (χ3n) is 3.59. The van der Waals surface area contributed by atoms with E-state index in [4.69, 9.17) is 26.3 Å². The van der Waals surface area contributed by atoms with Gasteiger partial charge in [-0.25, -0.2) is 0 Å². The second-order valence-corrected chi connectivity index (χ2v) is 6.72. The van der Waals surface area contributed by atoms with Crippen molar-refractivity contribution in [3.8, 4) is 23.6 Å². The highest BCUT2D eigenvalue weighted by Crippen LogP contribution is 2.35. The average Bonchev–Trinajstić information content (AvgIpc) is 2.70. The Kier molecular flexibility index (Phi) is 7.88. The van der Waals surface area contributed by atoms with E-state index in [2.05, 4.69) is 21.2 Å². The predicted molar refractivity (Wildman–Crippen MR) is 109 cm³/mol. The first-order chi connectivity index (χ1) is 13.5. The van der Waals surface area contributed by atoms with Crippen LogP contribution in [0, 0.1) is 22.7 Å². The van der Waals surface area contributed by atoms with E-state index in [0.29, 0.717) is 15.8 Å². The van der Waals surface area contributed by atoms with Gasteiger partial charge >= 0.3 is 0 Å². The van der Waals surface area contributed by atoms with Crippen molar-refractivity contribution < 1.29 is 14.3 Å². The van der Waals surface area contributed by atoms with Gasteiger partial charge in [-0.2, -0.15) is 10.5 Å². The molecular weight excluding hydrogens is 446 g/mol. The monoisotopic (exact) mass is 459 g/mol. The second-order valence-electron chi connectivity index (χ2n) is 5.46. The lowest BCUT2D eigenvalue weighted by Crippen LogP contribution is -2.23. The summed E-state index contributed by atoms with van der Waals surface area (Å²) in [5.41, 5.74) is 1.34. The molecule has 0 saturated carbocycles. The molecule has 0 aliphatic rings. The first kappa shape index (κ1) is 21.3. The Bertz CT molecular complexity index is 953. The number of halogens is 2. The summed E-state index contributed by atoms with van der Waals surface area (Å²) < 4.78 is 10.8. The minimum atomic E-state index is -0.504. The maximum absolute atomic E-state index is 12.3. The highest BCUT2D eigenvalue weighted by atomic mass is 79.9. The number of rotatable bonds is 7. The van der Waals surface area contributed by atoms with Crippen LogP contribution < -0.4 is 14.8 Å². The molecule has 2 aromatic carbocycles. The van der Waals surface area contributed by atoms with Crippen LogP contribution in [0.25, 0.3) is 6.08 Å². The summed E-state index contributed by atoms with van der Waals surface area (Å²) in [5.74, 6) is 0.538. The van der Waals surface area contributed by atoms with Crippen LogP contribution in [0.2, 0.25) is 5.02 Å². The lowest BCUT2D eigenvalue weighted by molar-refractivity contribution is -0.117. The average molecular weight is 461 g/mol. The Morgan fingerprint density at radius 1 is 1.29 bits per heavy atom. The summed E-state index contributed by atoms with van der Waals surface area (Å²) >= 11 is 9.46. The topological polar surface area (TPSA) is 95.1 Å². The number of benzene rings is 2. The predicted octanol–water partition coefficient (Wildman–Crippen LogP) is 4.24. The molecule has 0 aliphatic heterocycles. The van der Waals surface area contributed by atoms with Crippen molar-refractivity contribution in [3.05, 3.63) is 62.6 Å². The van der Waals surface area contributed by atoms with Crippen LogP contribution in [0.3, 0.4) is 0 Å². The molecule has 0 atom stereocenters. The van der Waals surface area contributed by atoms with Gasteiger partial charge in [-0.15, -0.1) is 0 Å². The molecule has 0 aromatic heterocycles. The molecule has 2 rings (SSSR count). The molecule has 28 heavy (non-hydrogen) atoms. The molecule has 1 amide bonds. The highest BCUT2D eigenvalue weighted by Gasteiger charge is 2.12. The third-order valence-corrected chi connectivity index (χ3v) is 4.46. The van der Waals surface area contributed by atoms with Crippen molar-refractivity contribution in [1.82, 2.24) is 5.32 Å². The van der Waals surface area contributed by atoms with Crippen LogP contribution in [0.15, 0.2) is 46.4 Å². The van der Waals surface area contributed by atoms with Gasteiger partial charge in [0.15, 0.2) is 12.4 Å². The van der Waals surface area contributed by atoms with Crippen LogP contribution in [0.4, 0.5) is 0 Å². The zero-order chi connectivity index (χ0) is 20.5. The van der Waals surface area contributed by atoms with Crippen molar-refractivity contribution in [1.29, 1.82) is 10.5 Å². The lowest BCUT2D eigenvalue weighted by Gasteiger charge is -2.09. The molecule has 0 spiro atoms. The molecule has 0 unspecified atom stereocenters. The maximum Gasteiger partial charge on any atom is 0.262 e. The fraction of sp³-hybridized carbons (Fsp3) is 0.150. The van der Waals surface area contributed by atoms with Gasteiger partial charge in [0.2, 0.25) is 0 Å². The molecule has 0 radical (unpaired) electrons. The van der Waals surface area contributed by atoms with Crippen LogP contribution in [0.5, 0.6) is 11.5 Å². The quantitative estimate of drug-likeness (QED) is 0.493. The number of nitrogens with zero attached hydrogens (tertiary/aromatic N) is 2. The minimum absolute atomic E-state index is 0.0674. The molecule has 8 heteroatoms. The highest BCUT2D eigenvalue weighted by molar-refractivity contribution is 9.10. The van der Waals surface area contributed by atoms with Crippen molar-refractivity contribution in [3.63, 3.8) is 0 Å². The number of amides is 1. The number of ether oxygens (including phenoxy) is 2. The van der Waals surface area contributed by atoms with Crippen LogP contribution in [-0.4, -0.2) is 19.6 Å². The summed E-state index contributed by atoms with van der Waals surface area (Å²) in [7, 11) is 1.58. The molecule has 0 fully saturated rings. The van der Waals surface area contributed by atoms with Crippen molar-refractivity contribution >= 4 is 39.5 Å². The number of nitrogens with one attached hydrogen (secondary N) is 1.